The van der Waals surface area contributed by atoms with Gasteiger partial charge >= 0.3 is 0 Å². The van der Waals surface area contributed by atoms with Crippen molar-refractivity contribution in [3.8, 4) is 79.3 Å². The molecule has 0 radical (unpaired) electrons. The molecule has 0 atom stereocenters. The second-order valence-electron chi connectivity index (χ2n) is 16.2. The summed E-state index contributed by atoms with van der Waals surface area (Å²) in [4.78, 5) is 19.3. The Morgan fingerprint density at radius 3 is 1.53 bits per heavy atom. The first-order chi connectivity index (χ1) is 32.6. The third kappa shape index (κ3) is 6.64. The lowest BCUT2D eigenvalue weighted by molar-refractivity contribution is 0.669. The molecule has 0 N–H and O–H groups in total. The fourth-order valence-electron chi connectivity index (χ4n) is 9.03. The van der Waals surface area contributed by atoms with E-state index < -0.39 is 0 Å². The molecule has 0 fully saturated rings. The molecule has 0 aliphatic carbocycles. The Morgan fingerprint density at radius 1 is 0.424 bits per heavy atom. The minimum absolute atomic E-state index is 0.537. The van der Waals surface area contributed by atoms with Crippen LogP contribution in [0.2, 0.25) is 0 Å². The number of hydrogen-bond donors (Lipinski definition) is 0. The van der Waals surface area contributed by atoms with E-state index in [0.717, 1.165) is 99.5 Å². The van der Waals surface area contributed by atoms with Crippen LogP contribution < -0.4 is 0 Å². The van der Waals surface area contributed by atoms with Gasteiger partial charge in [-0.1, -0.05) is 140 Å². The Morgan fingerprint density at radius 2 is 0.909 bits per heavy atom. The molecule has 0 bridgehead atoms. The standard InChI is InChI=1S/C59H34N6O/c1-61-46-26-20-39(21-27-46)43-23-29-53-49(33-43)48-32-42(38-18-16-37(36-60)17-19-38)22-28-52(48)65(53)54-30-24-44(45-25-31-56-50(34-45)47-14-8-9-15-55(47)66-56)35-51(54)59-63-57(40-10-4-2-5-11-40)62-58(64-59)41-12-6-3-7-13-41/h2-35H. The van der Waals surface area contributed by atoms with E-state index in [-0.39, 0.29) is 0 Å². The Kier molecular flexibility index (Phi) is 9.12. The molecule has 0 aliphatic rings. The van der Waals surface area contributed by atoms with Crippen LogP contribution in [0, 0.1) is 17.9 Å². The van der Waals surface area contributed by atoms with E-state index in [1.165, 1.54) is 0 Å². The topological polar surface area (TPSA) is 84.9 Å². The smallest absolute Gasteiger partial charge is 0.187 e. The van der Waals surface area contributed by atoms with Crippen molar-refractivity contribution in [3.05, 3.63) is 223 Å². The summed E-state index contributed by atoms with van der Waals surface area (Å²) in [5, 5.41) is 13.8. The van der Waals surface area contributed by atoms with Gasteiger partial charge in [-0.2, -0.15) is 5.26 Å². The van der Waals surface area contributed by atoms with Crippen LogP contribution in [-0.2, 0) is 0 Å². The highest BCUT2D eigenvalue weighted by Gasteiger charge is 2.22. The number of para-hydroxylation sites is 1. The van der Waals surface area contributed by atoms with Crippen LogP contribution in [0.4, 0.5) is 5.69 Å². The van der Waals surface area contributed by atoms with E-state index in [1.807, 2.05) is 133 Å². The summed E-state index contributed by atoms with van der Waals surface area (Å²) in [5.74, 6) is 1.69. The average molecular weight is 843 g/mol. The van der Waals surface area contributed by atoms with Crippen molar-refractivity contribution in [2.45, 2.75) is 0 Å². The highest BCUT2D eigenvalue weighted by Crippen LogP contribution is 2.42. The fourth-order valence-corrected chi connectivity index (χ4v) is 9.03. The van der Waals surface area contributed by atoms with Crippen LogP contribution in [0.3, 0.4) is 0 Å². The summed E-state index contributed by atoms with van der Waals surface area (Å²) < 4.78 is 8.55. The number of rotatable bonds is 7. The lowest BCUT2D eigenvalue weighted by Gasteiger charge is -2.16. The van der Waals surface area contributed by atoms with Gasteiger partial charge in [0.2, 0.25) is 0 Å². The predicted molar refractivity (Wildman–Crippen MR) is 265 cm³/mol. The number of aromatic nitrogens is 4. The van der Waals surface area contributed by atoms with Crippen LogP contribution in [0.15, 0.2) is 211 Å². The third-order valence-corrected chi connectivity index (χ3v) is 12.3. The maximum atomic E-state index is 9.54. The van der Waals surface area contributed by atoms with E-state index >= 15 is 0 Å². The van der Waals surface area contributed by atoms with Crippen molar-refractivity contribution in [2.24, 2.45) is 0 Å². The van der Waals surface area contributed by atoms with Gasteiger partial charge in [-0.15, -0.1) is 0 Å². The predicted octanol–water partition coefficient (Wildman–Crippen LogP) is 15.3. The first-order valence-corrected chi connectivity index (χ1v) is 21.6. The van der Waals surface area contributed by atoms with Gasteiger partial charge in [-0.05, 0) is 100 Å². The van der Waals surface area contributed by atoms with Gasteiger partial charge in [0.1, 0.15) is 11.2 Å². The van der Waals surface area contributed by atoms with E-state index in [1.54, 1.807) is 0 Å². The van der Waals surface area contributed by atoms with Gasteiger partial charge in [0.15, 0.2) is 23.2 Å². The second kappa shape index (κ2) is 15.7. The maximum Gasteiger partial charge on any atom is 0.187 e. The Hall–Kier alpha value is -9.43. The van der Waals surface area contributed by atoms with E-state index in [0.29, 0.717) is 28.7 Å². The number of fused-ring (bicyclic) bond motifs is 6. The summed E-state index contributed by atoms with van der Waals surface area (Å²) in [6.45, 7) is 7.51. The highest BCUT2D eigenvalue weighted by atomic mass is 16.3. The van der Waals surface area contributed by atoms with Gasteiger partial charge in [0.05, 0.1) is 34.9 Å². The van der Waals surface area contributed by atoms with Gasteiger partial charge in [0.25, 0.3) is 0 Å². The minimum Gasteiger partial charge on any atom is -0.456 e. The Bertz CT molecular complexity index is 3760. The van der Waals surface area contributed by atoms with Gasteiger partial charge in [-0.3, -0.25) is 0 Å². The van der Waals surface area contributed by atoms with Crippen LogP contribution in [-0.4, -0.2) is 19.5 Å². The summed E-state index contributed by atoms with van der Waals surface area (Å²) in [7, 11) is 0. The van der Waals surface area contributed by atoms with Gasteiger partial charge < -0.3 is 8.98 Å². The number of nitrogens with zero attached hydrogens (tertiary/aromatic N) is 6. The molecule has 0 amide bonds. The SMILES string of the molecule is [C-]#[N+]c1ccc(-c2ccc3c(c2)c2cc(-c4ccc(C#N)cc4)ccc2n3-c2ccc(-c3ccc4oc5ccccc5c4c3)cc2-c2nc(-c3ccccc3)nc(-c3ccccc3)n2)cc1. The van der Waals surface area contributed by atoms with E-state index in [4.69, 9.17) is 25.9 Å². The molecule has 7 heteroatoms. The monoisotopic (exact) mass is 842 g/mol. The largest absolute Gasteiger partial charge is 0.456 e. The van der Waals surface area contributed by atoms with Crippen molar-refractivity contribution >= 4 is 49.4 Å². The quantitative estimate of drug-likeness (QED) is 0.149. The molecule has 12 aromatic rings. The summed E-state index contributed by atoms with van der Waals surface area (Å²) >= 11 is 0. The molecule has 306 valence electrons. The minimum atomic E-state index is 0.537. The average Bonchev–Trinajstić information content (AvgIpc) is 3.93. The first kappa shape index (κ1) is 38.3. The first-order valence-electron chi connectivity index (χ1n) is 21.6. The molecule has 0 saturated heterocycles. The molecule has 0 spiro atoms. The second-order valence-corrected chi connectivity index (χ2v) is 16.2. The fraction of sp³-hybridized carbons (Fsp3) is 0. The van der Waals surface area contributed by atoms with Gasteiger partial charge in [0, 0.05) is 38.2 Å². The van der Waals surface area contributed by atoms with Crippen molar-refractivity contribution < 1.29 is 4.42 Å². The number of benzene rings is 9. The molecule has 0 aliphatic heterocycles. The van der Waals surface area contributed by atoms with Crippen LogP contribution in [0.1, 0.15) is 5.56 Å². The number of nitriles is 1. The zero-order valence-electron chi connectivity index (χ0n) is 35.2. The summed E-state index contributed by atoms with van der Waals surface area (Å²) in [6, 6.07) is 72.0. The highest BCUT2D eigenvalue weighted by molar-refractivity contribution is 6.12. The molecule has 12 rings (SSSR count). The third-order valence-electron chi connectivity index (χ3n) is 12.3. The maximum absolute atomic E-state index is 9.54. The zero-order valence-corrected chi connectivity index (χ0v) is 35.2. The lowest BCUT2D eigenvalue weighted by Crippen LogP contribution is -2.04. The van der Waals surface area contributed by atoms with Crippen LogP contribution in [0.5, 0.6) is 0 Å². The zero-order chi connectivity index (χ0) is 44.1. The van der Waals surface area contributed by atoms with E-state index in [9.17, 15) is 5.26 Å². The molecule has 9 aromatic carbocycles. The molecule has 0 unspecified atom stereocenters. The Labute approximate surface area is 379 Å². The van der Waals surface area contributed by atoms with E-state index in [2.05, 4.69) is 88.3 Å². The van der Waals surface area contributed by atoms with Crippen molar-refractivity contribution in [2.75, 3.05) is 0 Å². The van der Waals surface area contributed by atoms with Crippen molar-refractivity contribution in [1.29, 1.82) is 5.26 Å². The molecule has 66 heavy (non-hydrogen) atoms. The lowest BCUT2D eigenvalue weighted by atomic mass is 9.99. The molecular formula is C59H34N6O. The number of furan rings is 1. The normalized spacial score (nSPS) is 11.3. The Balaban J connectivity index is 1.14. The molecule has 3 aromatic heterocycles. The van der Waals surface area contributed by atoms with Gasteiger partial charge in [-0.25, -0.2) is 19.8 Å². The number of hydrogen-bond acceptors (Lipinski definition) is 5. The molecule has 3 heterocycles. The summed E-state index contributed by atoms with van der Waals surface area (Å²) in [5.41, 5.74) is 14.6. The molecule has 0 saturated carbocycles. The molecule has 7 nitrogen and oxygen atoms in total. The van der Waals surface area contributed by atoms with Crippen LogP contribution in [0.25, 0.3) is 122 Å². The van der Waals surface area contributed by atoms with Crippen molar-refractivity contribution in [1.82, 2.24) is 19.5 Å². The van der Waals surface area contributed by atoms with Crippen molar-refractivity contribution in [3.63, 3.8) is 0 Å². The van der Waals surface area contributed by atoms with Crippen LogP contribution >= 0.6 is 0 Å². The summed E-state index contributed by atoms with van der Waals surface area (Å²) in [6.07, 6.45) is 0. The molecular weight excluding hydrogens is 809 g/mol.